The van der Waals surface area contributed by atoms with Gasteiger partial charge in [-0.3, -0.25) is 9.10 Å². The highest BCUT2D eigenvalue weighted by Crippen LogP contribution is 2.26. The van der Waals surface area contributed by atoms with Crippen LogP contribution in [0.3, 0.4) is 0 Å². The molecule has 34 heavy (non-hydrogen) atoms. The zero-order valence-electron chi connectivity index (χ0n) is 20.2. The standard InChI is InChI=1S/C25H33N3O5S/c1-5-33-25(30)27-16-14-26(15-17-27)24(29)18-28(22-10-8-21(9-11-22)19(2)3)34(31,32)23-12-6-20(4)7-13-23/h6-13,19H,5,14-18H2,1-4H3. The predicted molar refractivity (Wildman–Crippen MR) is 131 cm³/mol. The minimum Gasteiger partial charge on any atom is -0.450 e. The molecule has 0 atom stereocenters. The van der Waals surface area contributed by atoms with Gasteiger partial charge in [0.25, 0.3) is 10.0 Å². The second kappa shape index (κ2) is 10.9. The number of sulfonamides is 1. The Kier molecular flexibility index (Phi) is 8.19. The number of hydrogen-bond donors (Lipinski definition) is 0. The summed E-state index contributed by atoms with van der Waals surface area (Å²) in [6.07, 6.45) is -0.400. The quantitative estimate of drug-likeness (QED) is 0.595. The lowest BCUT2D eigenvalue weighted by Gasteiger charge is -2.35. The van der Waals surface area contributed by atoms with Gasteiger partial charge in [0.1, 0.15) is 6.54 Å². The number of benzene rings is 2. The molecule has 0 saturated carbocycles. The van der Waals surface area contributed by atoms with E-state index in [0.717, 1.165) is 11.1 Å². The number of carbonyl (C=O) groups is 2. The fourth-order valence-corrected chi connectivity index (χ4v) is 5.17. The van der Waals surface area contributed by atoms with Crippen molar-refractivity contribution in [2.75, 3.05) is 43.6 Å². The summed E-state index contributed by atoms with van der Waals surface area (Å²) < 4.78 is 33.4. The summed E-state index contributed by atoms with van der Waals surface area (Å²) in [5.74, 6) is -0.0133. The van der Waals surface area contributed by atoms with Gasteiger partial charge in [-0.15, -0.1) is 0 Å². The third kappa shape index (κ3) is 5.88. The van der Waals surface area contributed by atoms with E-state index in [4.69, 9.17) is 4.74 Å². The van der Waals surface area contributed by atoms with Gasteiger partial charge in [-0.25, -0.2) is 13.2 Å². The normalized spacial score (nSPS) is 14.3. The van der Waals surface area contributed by atoms with Crippen molar-refractivity contribution in [2.24, 2.45) is 0 Å². The highest BCUT2D eigenvalue weighted by molar-refractivity contribution is 7.92. The molecule has 1 saturated heterocycles. The molecule has 0 bridgehead atoms. The summed E-state index contributed by atoms with van der Waals surface area (Å²) >= 11 is 0. The minimum absolute atomic E-state index is 0.131. The smallest absolute Gasteiger partial charge is 0.409 e. The average Bonchev–Trinajstić information content (AvgIpc) is 2.83. The molecule has 0 spiro atoms. The molecule has 0 aromatic heterocycles. The zero-order chi connectivity index (χ0) is 24.9. The van der Waals surface area contributed by atoms with Crippen molar-refractivity contribution in [3.63, 3.8) is 0 Å². The van der Waals surface area contributed by atoms with Crippen LogP contribution in [-0.4, -0.2) is 69.5 Å². The maximum Gasteiger partial charge on any atom is 0.409 e. The van der Waals surface area contributed by atoms with Crippen LogP contribution >= 0.6 is 0 Å². The van der Waals surface area contributed by atoms with Gasteiger partial charge < -0.3 is 14.5 Å². The van der Waals surface area contributed by atoms with Crippen LogP contribution in [0.1, 0.15) is 37.8 Å². The van der Waals surface area contributed by atoms with Gasteiger partial charge in [-0.1, -0.05) is 43.7 Å². The monoisotopic (exact) mass is 487 g/mol. The predicted octanol–water partition coefficient (Wildman–Crippen LogP) is 3.61. The Bertz CT molecular complexity index is 1090. The molecule has 0 radical (unpaired) electrons. The van der Waals surface area contributed by atoms with E-state index in [2.05, 4.69) is 13.8 Å². The van der Waals surface area contributed by atoms with Crippen molar-refractivity contribution in [1.82, 2.24) is 9.80 Å². The summed E-state index contributed by atoms with van der Waals surface area (Å²) in [6, 6.07) is 13.9. The topological polar surface area (TPSA) is 87.2 Å². The number of hydrogen-bond acceptors (Lipinski definition) is 5. The molecule has 3 rings (SSSR count). The third-order valence-corrected chi connectivity index (χ3v) is 7.68. The first-order valence-electron chi connectivity index (χ1n) is 11.5. The lowest BCUT2D eigenvalue weighted by atomic mass is 10.0. The van der Waals surface area contributed by atoms with Crippen molar-refractivity contribution in [2.45, 2.75) is 38.5 Å². The molecule has 2 aromatic rings. The van der Waals surface area contributed by atoms with Gasteiger partial charge >= 0.3 is 6.09 Å². The zero-order valence-corrected chi connectivity index (χ0v) is 21.0. The number of anilines is 1. The summed E-state index contributed by atoms with van der Waals surface area (Å²) in [6.45, 7) is 9.06. The molecule has 2 aromatic carbocycles. The molecule has 0 aliphatic carbocycles. The summed E-state index contributed by atoms with van der Waals surface area (Å²) in [5, 5.41) is 0. The summed E-state index contributed by atoms with van der Waals surface area (Å²) in [4.78, 5) is 28.4. The number of rotatable bonds is 7. The number of nitrogens with zero attached hydrogens (tertiary/aromatic N) is 3. The van der Waals surface area contributed by atoms with Crippen molar-refractivity contribution in [3.8, 4) is 0 Å². The van der Waals surface area contributed by atoms with Crippen LogP contribution in [-0.2, 0) is 19.6 Å². The van der Waals surface area contributed by atoms with Crippen LogP contribution < -0.4 is 4.31 Å². The van der Waals surface area contributed by atoms with Gasteiger partial charge in [0.2, 0.25) is 5.91 Å². The van der Waals surface area contributed by atoms with Crippen molar-refractivity contribution in [3.05, 3.63) is 59.7 Å². The number of ether oxygens (including phenoxy) is 1. The maximum absolute atomic E-state index is 13.6. The van der Waals surface area contributed by atoms with Crippen molar-refractivity contribution < 1.29 is 22.7 Å². The van der Waals surface area contributed by atoms with Gasteiger partial charge in [-0.05, 0) is 49.6 Å². The van der Waals surface area contributed by atoms with E-state index in [1.807, 2.05) is 19.1 Å². The molecule has 1 heterocycles. The Morgan fingerprint density at radius 2 is 1.50 bits per heavy atom. The lowest BCUT2D eigenvalue weighted by Crippen LogP contribution is -2.53. The Morgan fingerprint density at radius 1 is 0.941 bits per heavy atom. The first-order valence-corrected chi connectivity index (χ1v) is 13.0. The Hall–Kier alpha value is -3.07. The number of aryl methyl sites for hydroxylation is 1. The van der Waals surface area contributed by atoms with Crippen LogP contribution in [0.4, 0.5) is 10.5 Å². The van der Waals surface area contributed by atoms with E-state index in [9.17, 15) is 18.0 Å². The largest absolute Gasteiger partial charge is 0.450 e. The van der Waals surface area contributed by atoms with Crippen molar-refractivity contribution >= 4 is 27.7 Å². The molecule has 184 valence electrons. The highest BCUT2D eigenvalue weighted by Gasteiger charge is 2.31. The van der Waals surface area contributed by atoms with Crippen LogP contribution in [0, 0.1) is 6.92 Å². The maximum atomic E-state index is 13.6. The molecule has 2 amide bonds. The van der Waals surface area contributed by atoms with E-state index in [-0.39, 0.29) is 17.3 Å². The Labute approximate surface area is 202 Å². The SMILES string of the molecule is CCOC(=O)N1CCN(C(=O)CN(c2ccc(C(C)C)cc2)S(=O)(=O)c2ccc(C)cc2)CC1. The van der Waals surface area contributed by atoms with Gasteiger partial charge in [0.05, 0.1) is 17.2 Å². The first-order chi connectivity index (χ1) is 16.1. The van der Waals surface area contributed by atoms with Crippen LogP contribution in [0.2, 0.25) is 0 Å². The number of carbonyl (C=O) groups excluding carboxylic acids is 2. The Morgan fingerprint density at radius 3 is 2.03 bits per heavy atom. The molecule has 0 unspecified atom stereocenters. The van der Waals surface area contributed by atoms with Crippen LogP contribution in [0.15, 0.2) is 53.4 Å². The molecule has 0 N–H and O–H groups in total. The highest BCUT2D eigenvalue weighted by atomic mass is 32.2. The number of amides is 2. The molecule has 1 aliphatic heterocycles. The molecule has 1 aliphatic rings. The average molecular weight is 488 g/mol. The molecule has 1 fully saturated rings. The van der Waals surface area contributed by atoms with Crippen molar-refractivity contribution in [1.29, 1.82) is 0 Å². The van der Waals surface area contributed by atoms with E-state index in [0.29, 0.717) is 44.4 Å². The molecule has 8 nitrogen and oxygen atoms in total. The fourth-order valence-electron chi connectivity index (χ4n) is 3.75. The molecule has 9 heteroatoms. The summed E-state index contributed by atoms with van der Waals surface area (Å²) in [5.41, 5.74) is 2.46. The van der Waals surface area contributed by atoms with E-state index in [1.54, 1.807) is 53.1 Å². The number of piperazine rings is 1. The van der Waals surface area contributed by atoms with E-state index in [1.165, 1.54) is 4.31 Å². The van der Waals surface area contributed by atoms with Crippen LogP contribution in [0.25, 0.3) is 0 Å². The van der Waals surface area contributed by atoms with E-state index >= 15 is 0 Å². The second-order valence-corrected chi connectivity index (χ2v) is 10.5. The van der Waals surface area contributed by atoms with Gasteiger partial charge in [-0.2, -0.15) is 0 Å². The van der Waals surface area contributed by atoms with Crippen LogP contribution in [0.5, 0.6) is 0 Å². The lowest BCUT2D eigenvalue weighted by molar-refractivity contribution is -0.131. The van der Waals surface area contributed by atoms with E-state index < -0.39 is 16.1 Å². The first kappa shape index (κ1) is 25.6. The molecular weight excluding hydrogens is 454 g/mol. The van der Waals surface area contributed by atoms with Gasteiger partial charge in [0.15, 0.2) is 0 Å². The minimum atomic E-state index is -3.97. The Balaban J connectivity index is 1.83. The fraction of sp³-hybridized carbons (Fsp3) is 0.440. The second-order valence-electron chi connectivity index (χ2n) is 8.64. The van der Waals surface area contributed by atoms with Gasteiger partial charge in [0, 0.05) is 26.2 Å². The molecular formula is C25H33N3O5S. The third-order valence-electron chi connectivity index (χ3n) is 5.89. The summed E-state index contributed by atoms with van der Waals surface area (Å²) in [7, 11) is -3.97.